The molecular weight excluding hydrogens is 452 g/mol. The largest absolute Gasteiger partial charge is 0.495 e. The second-order valence-corrected chi connectivity index (χ2v) is 9.68. The van der Waals surface area contributed by atoms with Gasteiger partial charge in [0.25, 0.3) is 0 Å². The molecule has 2 aromatic heterocycles. The van der Waals surface area contributed by atoms with Crippen molar-refractivity contribution in [2.45, 2.75) is 30.5 Å². The molecule has 1 amide bonds. The molecule has 1 unspecified atom stereocenters. The predicted octanol–water partition coefficient (Wildman–Crippen LogP) is 5.29. The van der Waals surface area contributed by atoms with Gasteiger partial charge in [0, 0.05) is 0 Å². The van der Waals surface area contributed by atoms with E-state index in [4.69, 9.17) is 4.74 Å². The maximum Gasteiger partial charge on any atom is 0.230 e. The fourth-order valence-corrected chi connectivity index (χ4v) is 5.68. The molecule has 168 valence electrons. The summed E-state index contributed by atoms with van der Waals surface area (Å²) in [5, 5.41) is 14.8. The van der Waals surface area contributed by atoms with E-state index in [0.717, 1.165) is 41.4 Å². The minimum Gasteiger partial charge on any atom is -0.495 e. The van der Waals surface area contributed by atoms with Crippen molar-refractivity contribution in [2.24, 2.45) is 0 Å². The maximum absolute atomic E-state index is 12.9. The highest BCUT2D eigenvalue weighted by Crippen LogP contribution is 2.34. The van der Waals surface area contributed by atoms with Gasteiger partial charge in [-0.3, -0.25) is 9.36 Å². The lowest BCUT2D eigenvalue weighted by atomic mass is 9.88. The Labute approximate surface area is 201 Å². The van der Waals surface area contributed by atoms with E-state index in [2.05, 4.69) is 33.7 Å². The summed E-state index contributed by atoms with van der Waals surface area (Å²) in [6, 6.07) is 20.2. The average Bonchev–Trinajstić information content (AvgIpc) is 3.53. The number of nitrogens with zero attached hydrogens (tertiary/aromatic N) is 3. The molecular formula is C25H24N4O2S2. The second kappa shape index (κ2) is 9.80. The third-order valence-electron chi connectivity index (χ3n) is 5.74. The molecule has 1 atom stereocenters. The van der Waals surface area contributed by atoms with Crippen LogP contribution in [-0.2, 0) is 11.2 Å². The molecule has 0 spiro atoms. The molecule has 1 N–H and O–H groups in total. The number of hydrogen-bond acceptors (Lipinski definition) is 6. The van der Waals surface area contributed by atoms with Crippen molar-refractivity contribution in [3.63, 3.8) is 0 Å². The molecule has 0 saturated carbocycles. The molecule has 4 aromatic rings. The molecule has 5 rings (SSSR count). The van der Waals surface area contributed by atoms with Gasteiger partial charge in [0.15, 0.2) is 11.0 Å². The highest BCUT2D eigenvalue weighted by molar-refractivity contribution is 7.99. The van der Waals surface area contributed by atoms with Gasteiger partial charge >= 0.3 is 0 Å². The molecule has 2 heterocycles. The Kier molecular flexibility index (Phi) is 6.46. The first-order valence-corrected chi connectivity index (χ1v) is 12.7. The van der Waals surface area contributed by atoms with Crippen LogP contribution in [0.4, 0.5) is 0 Å². The van der Waals surface area contributed by atoms with Gasteiger partial charge in [-0.25, -0.2) is 0 Å². The quantitative estimate of drug-likeness (QED) is 0.367. The second-order valence-electron chi connectivity index (χ2n) is 7.79. The molecule has 33 heavy (non-hydrogen) atoms. The minimum atomic E-state index is -0.00560. The first-order chi connectivity index (χ1) is 16.2. The number of thioether (sulfide) groups is 1. The first-order valence-electron chi connectivity index (χ1n) is 10.9. The Bertz CT molecular complexity index is 1250. The Balaban J connectivity index is 1.38. The number of para-hydroxylation sites is 2. The number of rotatable bonds is 7. The number of aromatic nitrogens is 3. The van der Waals surface area contributed by atoms with E-state index >= 15 is 0 Å². The highest BCUT2D eigenvalue weighted by Gasteiger charge is 2.23. The van der Waals surface area contributed by atoms with Gasteiger partial charge < -0.3 is 10.1 Å². The molecule has 1 aliphatic rings. The number of fused-ring (bicyclic) bond motifs is 1. The summed E-state index contributed by atoms with van der Waals surface area (Å²) in [7, 11) is 1.65. The van der Waals surface area contributed by atoms with Crippen LogP contribution in [-0.4, -0.2) is 33.5 Å². The zero-order valence-electron chi connectivity index (χ0n) is 18.2. The number of hydrogen-bond donors (Lipinski definition) is 1. The SMILES string of the molecule is COc1ccccc1-n1c(SCC(=O)NC2CCCc3ccccc32)nnc1-c1cccs1. The number of methoxy groups -OCH3 is 1. The zero-order valence-corrected chi connectivity index (χ0v) is 19.9. The molecule has 0 fully saturated rings. The van der Waals surface area contributed by atoms with Gasteiger partial charge in [-0.2, -0.15) is 0 Å². The van der Waals surface area contributed by atoms with Crippen LogP contribution in [0.2, 0.25) is 0 Å². The first kappa shape index (κ1) is 21.7. The zero-order chi connectivity index (χ0) is 22.6. The summed E-state index contributed by atoms with van der Waals surface area (Å²) in [6.45, 7) is 0. The van der Waals surface area contributed by atoms with E-state index in [0.29, 0.717) is 5.16 Å². The summed E-state index contributed by atoms with van der Waals surface area (Å²) in [4.78, 5) is 13.9. The normalized spacial score (nSPS) is 15.1. The minimum absolute atomic E-state index is 0.00560. The smallest absolute Gasteiger partial charge is 0.230 e. The predicted molar refractivity (Wildman–Crippen MR) is 132 cm³/mol. The van der Waals surface area contributed by atoms with Crippen molar-refractivity contribution in [1.29, 1.82) is 0 Å². The van der Waals surface area contributed by atoms with Crippen molar-refractivity contribution in [1.82, 2.24) is 20.1 Å². The summed E-state index contributed by atoms with van der Waals surface area (Å²) in [6.07, 6.45) is 3.12. The van der Waals surface area contributed by atoms with E-state index in [9.17, 15) is 4.79 Å². The van der Waals surface area contributed by atoms with Crippen LogP contribution in [0.1, 0.15) is 30.0 Å². The maximum atomic E-state index is 12.9. The lowest BCUT2D eigenvalue weighted by molar-refractivity contribution is -0.119. The third-order valence-corrected chi connectivity index (χ3v) is 7.53. The van der Waals surface area contributed by atoms with Crippen molar-refractivity contribution < 1.29 is 9.53 Å². The van der Waals surface area contributed by atoms with Gasteiger partial charge in [-0.1, -0.05) is 54.2 Å². The summed E-state index contributed by atoms with van der Waals surface area (Å²) >= 11 is 2.98. The summed E-state index contributed by atoms with van der Waals surface area (Å²) in [5.41, 5.74) is 3.41. The third kappa shape index (κ3) is 4.54. The van der Waals surface area contributed by atoms with E-state index in [-0.39, 0.29) is 17.7 Å². The fraction of sp³-hybridized carbons (Fsp3) is 0.240. The molecule has 0 aliphatic heterocycles. The van der Waals surface area contributed by atoms with E-state index in [1.165, 1.54) is 22.9 Å². The number of nitrogens with one attached hydrogen (secondary N) is 1. The topological polar surface area (TPSA) is 69.0 Å². The number of carbonyl (C=O) groups is 1. The molecule has 0 saturated heterocycles. The summed E-state index contributed by atoms with van der Waals surface area (Å²) in [5.74, 6) is 1.71. The fourth-order valence-electron chi connectivity index (χ4n) is 4.23. The van der Waals surface area contributed by atoms with E-state index in [1.807, 2.05) is 52.4 Å². The van der Waals surface area contributed by atoms with Crippen molar-refractivity contribution >= 4 is 29.0 Å². The molecule has 2 aromatic carbocycles. The highest BCUT2D eigenvalue weighted by atomic mass is 32.2. The molecule has 0 radical (unpaired) electrons. The molecule has 0 bridgehead atoms. The van der Waals surface area contributed by atoms with Crippen LogP contribution < -0.4 is 10.1 Å². The molecule has 6 nitrogen and oxygen atoms in total. The van der Waals surface area contributed by atoms with Gasteiger partial charge in [-0.15, -0.1) is 21.5 Å². The van der Waals surface area contributed by atoms with Gasteiger partial charge in [0.2, 0.25) is 5.91 Å². The monoisotopic (exact) mass is 476 g/mol. The Morgan fingerprint density at radius 2 is 2.00 bits per heavy atom. The van der Waals surface area contributed by atoms with Crippen LogP contribution in [0.3, 0.4) is 0 Å². The number of aryl methyl sites for hydroxylation is 1. The van der Waals surface area contributed by atoms with Crippen LogP contribution >= 0.6 is 23.1 Å². The number of benzene rings is 2. The van der Waals surface area contributed by atoms with Gasteiger partial charge in [0.05, 0.1) is 29.5 Å². The number of amides is 1. The van der Waals surface area contributed by atoms with Crippen molar-refractivity contribution in [2.75, 3.05) is 12.9 Å². The van der Waals surface area contributed by atoms with Crippen molar-refractivity contribution in [3.05, 3.63) is 77.2 Å². The molecule has 1 aliphatic carbocycles. The Morgan fingerprint density at radius 1 is 1.15 bits per heavy atom. The van der Waals surface area contributed by atoms with E-state index < -0.39 is 0 Å². The Morgan fingerprint density at radius 3 is 2.85 bits per heavy atom. The number of thiophene rings is 1. The Hall–Kier alpha value is -3.10. The number of carbonyl (C=O) groups excluding carboxylic acids is 1. The van der Waals surface area contributed by atoms with Crippen LogP contribution in [0, 0.1) is 0 Å². The van der Waals surface area contributed by atoms with E-state index in [1.54, 1.807) is 18.4 Å². The van der Waals surface area contributed by atoms with Gasteiger partial charge in [0.1, 0.15) is 5.75 Å². The lowest BCUT2D eigenvalue weighted by Gasteiger charge is -2.26. The van der Waals surface area contributed by atoms with Crippen LogP contribution in [0.15, 0.2) is 71.2 Å². The van der Waals surface area contributed by atoms with Crippen LogP contribution in [0.5, 0.6) is 5.75 Å². The van der Waals surface area contributed by atoms with Crippen LogP contribution in [0.25, 0.3) is 16.4 Å². The summed E-state index contributed by atoms with van der Waals surface area (Å²) < 4.78 is 7.57. The lowest BCUT2D eigenvalue weighted by Crippen LogP contribution is -2.32. The van der Waals surface area contributed by atoms with Gasteiger partial charge in [-0.05, 0) is 54.0 Å². The molecule has 8 heteroatoms. The number of ether oxygens (including phenoxy) is 1. The van der Waals surface area contributed by atoms with Crippen molar-refractivity contribution in [3.8, 4) is 22.1 Å². The standard InChI is InChI=1S/C25H24N4O2S2/c1-31-21-13-5-4-12-20(21)29-24(22-14-7-15-32-22)27-28-25(29)33-16-23(30)26-19-11-6-9-17-8-2-3-10-18(17)19/h2-5,7-8,10,12-15,19H,6,9,11,16H2,1H3,(H,26,30). The average molecular weight is 477 g/mol.